The number of hydrogen-bond donors (Lipinski definition) is 2. The van der Waals surface area contributed by atoms with E-state index in [0.29, 0.717) is 30.9 Å². The summed E-state index contributed by atoms with van der Waals surface area (Å²) in [4.78, 5) is 17.0. The van der Waals surface area contributed by atoms with Crippen LogP contribution < -0.4 is 16.4 Å². The average molecular weight is 279 g/mol. The highest BCUT2D eigenvalue weighted by Crippen LogP contribution is 2.23. The highest BCUT2D eigenvalue weighted by molar-refractivity contribution is 5.32. The summed E-state index contributed by atoms with van der Waals surface area (Å²) in [5.41, 5.74) is 11.6. The molecule has 1 fully saturated rings. The van der Waals surface area contributed by atoms with Crippen molar-refractivity contribution in [1.29, 1.82) is 0 Å². The van der Waals surface area contributed by atoms with Gasteiger partial charge in [0.2, 0.25) is 11.9 Å². The highest BCUT2D eigenvalue weighted by Gasteiger charge is 2.26. The number of hydrogen-bond acceptors (Lipinski definition) is 7. The van der Waals surface area contributed by atoms with Gasteiger partial charge in [-0.1, -0.05) is 6.92 Å². The van der Waals surface area contributed by atoms with Crippen LogP contribution in [-0.4, -0.2) is 53.1 Å². The van der Waals surface area contributed by atoms with Gasteiger partial charge in [0.15, 0.2) is 0 Å². The van der Waals surface area contributed by atoms with Crippen molar-refractivity contribution in [2.45, 2.75) is 32.4 Å². The van der Waals surface area contributed by atoms with Crippen LogP contribution in [0.25, 0.3) is 0 Å². The van der Waals surface area contributed by atoms with Crippen LogP contribution in [0.5, 0.6) is 0 Å². The van der Waals surface area contributed by atoms with E-state index in [1.54, 1.807) is 0 Å². The first-order valence-corrected chi connectivity index (χ1v) is 7.11. The molecule has 20 heavy (non-hydrogen) atoms. The van der Waals surface area contributed by atoms with Gasteiger partial charge in [0.25, 0.3) is 0 Å². The molecule has 1 aromatic heterocycles. The number of anilines is 2. The third kappa shape index (κ3) is 3.55. The molecule has 2 unspecified atom stereocenters. The molecule has 4 N–H and O–H groups in total. The Bertz CT molecular complexity index is 448. The molecule has 1 aliphatic heterocycles. The van der Waals surface area contributed by atoms with Crippen LogP contribution in [0, 0.1) is 5.92 Å². The van der Waals surface area contributed by atoms with Crippen molar-refractivity contribution in [3.63, 3.8) is 0 Å². The van der Waals surface area contributed by atoms with Crippen molar-refractivity contribution in [2.75, 3.05) is 37.8 Å². The molecule has 7 heteroatoms. The Balaban J connectivity index is 2.12. The van der Waals surface area contributed by atoms with E-state index in [-0.39, 0.29) is 5.95 Å². The number of rotatable bonds is 4. The zero-order chi connectivity index (χ0) is 14.7. The van der Waals surface area contributed by atoms with E-state index in [9.17, 15) is 0 Å². The molecule has 7 nitrogen and oxygen atoms in total. The number of likely N-dealkylation sites (tertiary alicyclic amines) is 1. The van der Waals surface area contributed by atoms with Crippen molar-refractivity contribution in [3.8, 4) is 0 Å². The molecule has 0 saturated carbocycles. The maximum Gasteiger partial charge on any atom is 0.229 e. The molecule has 2 rings (SSSR count). The van der Waals surface area contributed by atoms with E-state index in [1.807, 2.05) is 19.0 Å². The van der Waals surface area contributed by atoms with Gasteiger partial charge >= 0.3 is 0 Å². The molecule has 1 aromatic rings. The van der Waals surface area contributed by atoms with Crippen LogP contribution >= 0.6 is 0 Å². The number of piperidine rings is 1. The lowest BCUT2D eigenvalue weighted by Gasteiger charge is -2.37. The standard InChI is InChI=1S/C13H25N7/c1-9-4-5-20(10(6-9)7-14)8-11-16-12(15)18-13(17-11)19(2)3/h9-10H,4-8,14H2,1-3H3,(H2,15,16,17,18). The van der Waals surface area contributed by atoms with Gasteiger partial charge in [-0.15, -0.1) is 0 Å². The molecular formula is C13H25N7. The predicted octanol–water partition coefficient (Wildman–Crippen LogP) is 0.0790. The molecule has 1 aliphatic rings. The maximum absolute atomic E-state index is 5.89. The van der Waals surface area contributed by atoms with Crippen molar-refractivity contribution in [3.05, 3.63) is 5.82 Å². The molecule has 0 aliphatic carbocycles. The van der Waals surface area contributed by atoms with Gasteiger partial charge in [-0.25, -0.2) is 0 Å². The number of nitrogens with zero attached hydrogens (tertiary/aromatic N) is 5. The van der Waals surface area contributed by atoms with Gasteiger partial charge in [0.1, 0.15) is 5.82 Å². The van der Waals surface area contributed by atoms with E-state index >= 15 is 0 Å². The topological polar surface area (TPSA) is 97.2 Å². The second-order valence-corrected chi connectivity index (χ2v) is 5.79. The van der Waals surface area contributed by atoms with Crippen LogP contribution in [0.1, 0.15) is 25.6 Å². The normalized spacial score (nSPS) is 23.8. The molecule has 1 saturated heterocycles. The summed E-state index contributed by atoms with van der Waals surface area (Å²) >= 11 is 0. The van der Waals surface area contributed by atoms with Crippen LogP contribution in [0.15, 0.2) is 0 Å². The van der Waals surface area contributed by atoms with E-state index in [2.05, 4.69) is 26.8 Å². The van der Waals surface area contributed by atoms with Crippen LogP contribution in [0.3, 0.4) is 0 Å². The minimum Gasteiger partial charge on any atom is -0.368 e. The van der Waals surface area contributed by atoms with Gasteiger partial charge in [0, 0.05) is 26.7 Å². The summed E-state index contributed by atoms with van der Waals surface area (Å²) < 4.78 is 0. The molecular weight excluding hydrogens is 254 g/mol. The van der Waals surface area contributed by atoms with E-state index in [0.717, 1.165) is 18.9 Å². The average Bonchev–Trinajstić information content (AvgIpc) is 2.40. The fraction of sp³-hybridized carbons (Fsp3) is 0.769. The minimum atomic E-state index is 0.272. The highest BCUT2D eigenvalue weighted by atomic mass is 15.3. The Morgan fingerprint density at radius 3 is 2.70 bits per heavy atom. The molecule has 2 atom stereocenters. The third-order valence-corrected chi connectivity index (χ3v) is 3.80. The zero-order valence-electron chi connectivity index (χ0n) is 12.6. The summed E-state index contributed by atoms with van der Waals surface area (Å²) in [6.45, 7) is 4.67. The summed E-state index contributed by atoms with van der Waals surface area (Å²) in [6.07, 6.45) is 2.33. The Labute approximate surface area is 120 Å². The lowest BCUT2D eigenvalue weighted by Crippen LogP contribution is -2.46. The first kappa shape index (κ1) is 14.9. The Morgan fingerprint density at radius 1 is 1.30 bits per heavy atom. The lowest BCUT2D eigenvalue weighted by molar-refractivity contribution is 0.112. The largest absolute Gasteiger partial charge is 0.368 e. The minimum absolute atomic E-state index is 0.272. The molecule has 0 aromatic carbocycles. The van der Waals surface area contributed by atoms with Crippen molar-refractivity contribution in [2.24, 2.45) is 11.7 Å². The SMILES string of the molecule is CC1CCN(Cc2nc(N)nc(N(C)C)n2)C(CN)C1. The van der Waals surface area contributed by atoms with E-state index in [4.69, 9.17) is 11.5 Å². The number of nitrogens with two attached hydrogens (primary N) is 2. The molecule has 2 heterocycles. The quantitative estimate of drug-likeness (QED) is 0.805. The van der Waals surface area contributed by atoms with Gasteiger partial charge in [0.05, 0.1) is 6.54 Å². The molecule has 0 radical (unpaired) electrons. The fourth-order valence-electron chi connectivity index (χ4n) is 2.63. The number of nitrogen functional groups attached to an aromatic ring is 1. The second-order valence-electron chi connectivity index (χ2n) is 5.79. The smallest absolute Gasteiger partial charge is 0.229 e. The molecule has 0 amide bonds. The van der Waals surface area contributed by atoms with Gasteiger partial charge in [-0.05, 0) is 25.3 Å². The number of aromatic nitrogens is 3. The zero-order valence-corrected chi connectivity index (χ0v) is 12.6. The Kier molecular flexibility index (Phi) is 4.72. The summed E-state index contributed by atoms with van der Waals surface area (Å²) in [7, 11) is 3.79. The predicted molar refractivity (Wildman–Crippen MR) is 80.2 cm³/mol. The first-order valence-electron chi connectivity index (χ1n) is 7.11. The van der Waals surface area contributed by atoms with Crippen molar-refractivity contribution < 1.29 is 0 Å². The first-order chi connectivity index (χ1) is 9.49. The van der Waals surface area contributed by atoms with Gasteiger partial charge in [-0.2, -0.15) is 15.0 Å². The maximum atomic E-state index is 5.89. The van der Waals surface area contributed by atoms with Crippen LogP contribution in [-0.2, 0) is 6.54 Å². The summed E-state index contributed by atoms with van der Waals surface area (Å²) in [6, 6.07) is 0.402. The van der Waals surface area contributed by atoms with E-state index in [1.165, 1.54) is 6.42 Å². The lowest BCUT2D eigenvalue weighted by atomic mass is 9.92. The summed E-state index contributed by atoms with van der Waals surface area (Å²) in [5.74, 6) is 2.32. The molecule has 112 valence electrons. The summed E-state index contributed by atoms with van der Waals surface area (Å²) in [5, 5.41) is 0. The van der Waals surface area contributed by atoms with Gasteiger partial charge in [-0.3, -0.25) is 4.90 Å². The Hall–Kier alpha value is -1.47. The fourth-order valence-corrected chi connectivity index (χ4v) is 2.63. The monoisotopic (exact) mass is 279 g/mol. The molecule has 0 bridgehead atoms. The molecule has 0 spiro atoms. The second kappa shape index (κ2) is 6.32. The van der Waals surface area contributed by atoms with Crippen molar-refractivity contribution in [1.82, 2.24) is 19.9 Å². The van der Waals surface area contributed by atoms with Crippen LogP contribution in [0.2, 0.25) is 0 Å². The Morgan fingerprint density at radius 2 is 2.05 bits per heavy atom. The van der Waals surface area contributed by atoms with E-state index < -0.39 is 0 Å². The van der Waals surface area contributed by atoms with Gasteiger partial charge < -0.3 is 16.4 Å². The van der Waals surface area contributed by atoms with Crippen LogP contribution in [0.4, 0.5) is 11.9 Å². The third-order valence-electron chi connectivity index (χ3n) is 3.80. The van der Waals surface area contributed by atoms with Crippen molar-refractivity contribution >= 4 is 11.9 Å².